The monoisotopic (exact) mass is 371 g/mol. The van der Waals surface area contributed by atoms with Crippen LogP contribution in [0, 0.1) is 13.8 Å². The van der Waals surface area contributed by atoms with Crippen molar-refractivity contribution < 1.29 is 17.6 Å². The third-order valence-electron chi connectivity index (χ3n) is 3.71. The molecule has 26 heavy (non-hydrogen) atoms. The van der Waals surface area contributed by atoms with Crippen LogP contribution in [0.15, 0.2) is 57.8 Å². The lowest BCUT2D eigenvalue weighted by molar-refractivity contribution is -0.114. The normalized spacial score (nSPS) is 11.3. The summed E-state index contributed by atoms with van der Waals surface area (Å²) in [6, 6.07) is 13.4. The fourth-order valence-corrected chi connectivity index (χ4v) is 3.63. The van der Waals surface area contributed by atoms with E-state index < -0.39 is 21.5 Å². The highest BCUT2D eigenvalue weighted by atomic mass is 32.2. The second-order valence-corrected chi connectivity index (χ2v) is 7.84. The number of amides is 1. The highest BCUT2D eigenvalue weighted by Gasteiger charge is 2.21. The number of anilines is 1. The standard InChI is InChI=1S/C18H17N3O4S/c1-12-8-9-15(13(2)10-12)17-20-21-18(25-17)19-16(22)11-26(23,24)14-6-4-3-5-7-14/h3-10H,11H2,1-2H3,(H,19,21,22). The Morgan fingerprint density at radius 1 is 1.08 bits per heavy atom. The first-order chi connectivity index (χ1) is 12.3. The van der Waals surface area contributed by atoms with Crippen LogP contribution in [0.4, 0.5) is 6.01 Å². The fourth-order valence-electron chi connectivity index (χ4n) is 2.48. The molecular weight excluding hydrogens is 354 g/mol. The van der Waals surface area contributed by atoms with Crippen molar-refractivity contribution in [3.05, 3.63) is 59.7 Å². The maximum absolute atomic E-state index is 12.2. The van der Waals surface area contributed by atoms with E-state index in [4.69, 9.17) is 4.42 Å². The summed E-state index contributed by atoms with van der Waals surface area (Å²) < 4.78 is 29.8. The summed E-state index contributed by atoms with van der Waals surface area (Å²) >= 11 is 0. The number of hydrogen-bond acceptors (Lipinski definition) is 6. The summed E-state index contributed by atoms with van der Waals surface area (Å²) in [6.07, 6.45) is 0. The van der Waals surface area contributed by atoms with Crippen molar-refractivity contribution in [1.82, 2.24) is 10.2 Å². The zero-order valence-corrected chi connectivity index (χ0v) is 15.1. The number of hydrogen-bond donors (Lipinski definition) is 1. The van der Waals surface area contributed by atoms with Crippen molar-refractivity contribution in [2.45, 2.75) is 18.7 Å². The molecule has 1 N–H and O–H groups in total. The Morgan fingerprint density at radius 3 is 2.50 bits per heavy atom. The van der Waals surface area contributed by atoms with E-state index in [9.17, 15) is 13.2 Å². The van der Waals surface area contributed by atoms with Gasteiger partial charge in [0.2, 0.25) is 11.8 Å². The van der Waals surface area contributed by atoms with Crippen LogP contribution in [0.1, 0.15) is 11.1 Å². The van der Waals surface area contributed by atoms with Gasteiger partial charge >= 0.3 is 6.01 Å². The number of sulfone groups is 1. The maximum atomic E-state index is 12.2. The summed E-state index contributed by atoms with van der Waals surface area (Å²) in [5.74, 6) is -1.20. The van der Waals surface area contributed by atoms with Gasteiger partial charge in [0, 0.05) is 5.56 Å². The average molecular weight is 371 g/mol. The number of rotatable bonds is 5. The maximum Gasteiger partial charge on any atom is 0.322 e. The molecule has 0 fully saturated rings. The molecule has 0 aliphatic heterocycles. The van der Waals surface area contributed by atoms with Crippen LogP contribution >= 0.6 is 0 Å². The van der Waals surface area contributed by atoms with Crippen molar-refractivity contribution in [3.63, 3.8) is 0 Å². The van der Waals surface area contributed by atoms with Crippen molar-refractivity contribution in [1.29, 1.82) is 0 Å². The summed E-state index contributed by atoms with van der Waals surface area (Å²) in [4.78, 5) is 12.1. The van der Waals surface area contributed by atoms with Gasteiger partial charge in [0.1, 0.15) is 5.75 Å². The topological polar surface area (TPSA) is 102 Å². The zero-order chi connectivity index (χ0) is 18.7. The van der Waals surface area contributed by atoms with Crippen molar-refractivity contribution in [2.24, 2.45) is 0 Å². The van der Waals surface area contributed by atoms with Gasteiger partial charge in [0.25, 0.3) is 0 Å². The second kappa shape index (κ2) is 7.09. The first kappa shape index (κ1) is 17.8. The van der Waals surface area contributed by atoms with Crippen molar-refractivity contribution in [3.8, 4) is 11.5 Å². The molecule has 134 valence electrons. The number of benzene rings is 2. The summed E-state index contributed by atoms with van der Waals surface area (Å²) in [7, 11) is -3.74. The molecule has 1 heterocycles. The molecule has 1 aromatic heterocycles. The van der Waals surface area contributed by atoms with Gasteiger partial charge in [0.15, 0.2) is 9.84 Å². The van der Waals surface area contributed by atoms with E-state index in [1.54, 1.807) is 18.2 Å². The number of aryl methyl sites for hydroxylation is 2. The van der Waals surface area contributed by atoms with E-state index in [1.165, 1.54) is 12.1 Å². The highest BCUT2D eigenvalue weighted by Crippen LogP contribution is 2.24. The Morgan fingerprint density at radius 2 is 1.81 bits per heavy atom. The van der Waals surface area contributed by atoms with E-state index in [-0.39, 0.29) is 16.8 Å². The molecule has 0 bridgehead atoms. The van der Waals surface area contributed by atoms with Crippen LogP contribution in [0.2, 0.25) is 0 Å². The summed E-state index contributed by atoms with van der Waals surface area (Å²) in [5.41, 5.74) is 2.81. The Hall–Kier alpha value is -3.00. The van der Waals surface area contributed by atoms with Gasteiger partial charge in [-0.3, -0.25) is 10.1 Å². The minimum Gasteiger partial charge on any atom is -0.403 e. The number of nitrogens with one attached hydrogen (secondary N) is 1. The van der Waals surface area contributed by atoms with Gasteiger partial charge < -0.3 is 4.42 Å². The molecular formula is C18H17N3O4S. The van der Waals surface area contributed by atoms with Crippen LogP contribution in [0.5, 0.6) is 0 Å². The lowest BCUT2D eigenvalue weighted by Crippen LogP contribution is -2.23. The molecule has 0 unspecified atom stereocenters. The van der Waals surface area contributed by atoms with Crippen molar-refractivity contribution in [2.75, 3.05) is 11.1 Å². The molecule has 2 aromatic carbocycles. The molecule has 1 amide bonds. The van der Waals surface area contributed by atoms with Gasteiger partial charge in [0.05, 0.1) is 4.90 Å². The van der Waals surface area contributed by atoms with E-state index in [2.05, 4.69) is 15.5 Å². The summed E-state index contributed by atoms with van der Waals surface area (Å²) in [5, 5.41) is 9.99. The minimum absolute atomic E-state index is 0.0802. The molecule has 3 aromatic rings. The lowest BCUT2D eigenvalue weighted by atomic mass is 10.1. The third kappa shape index (κ3) is 3.97. The second-order valence-electron chi connectivity index (χ2n) is 5.85. The molecule has 0 radical (unpaired) electrons. The minimum atomic E-state index is -3.74. The molecule has 7 nitrogen and oxygen atoms in total. The molecule has 3 rings (SSSR count). The first-order valence-electron chi connectivity index (χ1n) is 7.84. The number of aromatic nitrogens is 2. The van der Waals surface area contributed by atoms with Crippen LogP contribution < -0.4 is 5.32 Å². The highest BCUT2D eigenvalue weighted by molar-refractivity contribution is 7.92. The molecule has 0 saturated heterocycles. The van der Waals surface area contributed by atoms with Gasteiger partial charge in [-0.1, -0.05) is 41.0 Å². The van der Waals surface area contributed by atoms with Gasteiger partial charge in [-0.15, -0.1) is 5.10 Å². The van der Waals surface area contributed by atoms with E-state index in [0.29, 0.717) is 0 Å². The molecule has 8 heteroatoms. The van der Waals surface area contributed by atoms with Crippen LogP contribution in [-0.2, 0) is 14.6 Å². The zero-order valence-electron chi connectivity index (χ0n) is 14.3. The predicted molar refractivity (Wildman–Crippen MR) is 96.3 cm³/mol. The van der Waals surface area contributed by atoms with Crippen LogP contribution in [0.25, 0.3) is 11.5 Å². The van der Waals surface area contributed by atoms with Crippen molar-refractivity contribution >= 4 is 21.8 Å². The molecule has 0 atom stereocenters. The Labute approximate surface area is 151 Å². The quantitative estimate of drug-likeness (QED) is 0.740. The molecule has 0 aliphatic carbocycles. The van der Waals surface area contributed by atoms with Crippen LogP contribution in [0.3, 0.4) is 0 Å². The number of carbonyl (C=O) groups excluding carboxylic acids is 1. The third-order valence-corrected chi connectivity index (χ3v) is 5.34. The Kier molecular flexibility index (Phi) is 4.85. The number of carbonyl (C=O) groups is 1. The SMILES string of the molecule is Cc1ccc(-c2nnc(NC(=O)CS(=O)(=O)c3ccccc3)o2)c(C)c1. The predicted octanol–water partition coefficient (Wildman–Crippen LogP) is 2.77. The Bertz CT molecular complexity index is 1040. The molecule has 0 spiro atoms. The van der Waals surface area contributed by atoms with Gasteiger partial charge in [-0.05, 0) is 37.6 Å². The van der Waals surface area contributed by atoms with Crippen LogP contribution in [-0.4, -0.2) is 30.3 Å². The van der Waals surface area contributed by atoms with E-state index in [1.807, 2.05) is 32.0 Å². The fraction of sp³-hybridized carbons (Fsp3) is 0.167. The average Bonchev–Trinajstić information content (AvgIpc) is 3.03. The van der Waals surface area contributed by atoms with E-state index >= 15 is 0 Å². The largest absolute Gasteiger partial charge is 0.403 e. The van der Waals surface area contributed by atoms with Gasteiger partial charge in [-0.2, -0.15) is 0 Å². The number of nitrogens with zero attached hydrogens (tertiary/aromatic N) is 2. The Balaban J connectivity index is 1.72. The first-order valence-corrected chi connectivity index (χ1v) is 9.49. The van der Waals surface area contributed by atoms with E-state index in [0.717, 1.165) is 16.7 Å². The lowest BCUT2D eigenvalue weighted by Gasteiger charge is -2.04. The van der Waals surface area contributed by atoms with Gasteiger partial charge in [-0.25, -0.2) is 8.42 Å². The summed E-state index contributed by atoms with van der Waals surface area (Å²) in [6.45, 7) is 3.89. The molecule has 0 aliphatic rings. The smallest absolute Gasteiger partial charge is 0.322 e. The molecule has 0 saturated carbocycles.